The van der Waals surface area contributed by atoms with Crippen molar-refractivity contribution in [1.29, 1.82) is 0 Å². The molecule has 0 spiro atoms. The lowest BCUT2D eigenvalue weighted by atomic mass is 9.97. The molecule has 2 rings (SSSR count). The average Bonchev–Trinajstić information content (AvgIpc) is 2.38. The zero-order valence-electron chi connectivity index (χ0n) is 13.4. The Kier molecular flexibility index (Phi) is 5.06. The summed E-state index contributed by atoms with van der Waals surface area (Å²) in [7, 11) is 1.76. The lowest BCUT2D eigenvalue weighted by Gasteiger charge is -2.41. The standard InChI is InChI=1S/C17H28N2O/c1-12(2)16-9-18-14(4)10-19(16)11-15-8-13(3)6-7-17(15)20-5/h6-8,12,14,16,18H,9-11H2,1-5H3. The summed E-state index contributed by atoms with van der Waals surface area (Å²) in [5, 5.41) is 3.60. The smallest absolute Gasteiger partial charge is 0.123 e. The number of methoxy groups -OCH3 is 1. The molecule has 3 nitrogen and oxygen atoms in total. The fourth-order valence-electron chi connectivity index (χ4n) is 3.09. The van der Waals surface area contributed by atoms with E-state index in [-0.39, 0.29) is 0 Å². The molecule has 1 N–H and O–H groups in total. The van der Waals surface area contributed by atoms with Crippen molar-refractivity contribution in [1.82, 2.24) is 10.2 Å². The molecule has 20 heavy (non-hydrogen) atoms. The highest BCUT2D eigenvalue weighted by Crippen LogP contribution is 2.25. The summed E-state index contributed by atoms with van der Waals surface area (Å²) in [5.74, 6) is 1.66. The number of hydrogen-bond acceptors (Lipinski definition) is 3. The van der Waals surface area contributed by atoms with Gasteiger partial charge < -0.3 is 10.1 Å². The number of hydrogen-bond donors (Lipinski definition) is 1. The van der Waals surface area contributed by atoms with Crippen LogP contribution in [0.5, 0.6) is 5.75 Å². The van der Waals surface area contributed by atoms with Gasteiger partial charge in [0.05, 0.1) is 7.11 Å². The molecule has 1 aromatic carbocycles. The van der Waals surface area contributed by atoms with E-state index >= 15 is 0 Å². The van der Waals surface area contributed by atoms with Crippen LogP contribution in [0.3, 0.4) is 0 Å². The predicted octanol–water partition coefficient (Wildman–Crippen LogP) is 2.82. The second kappa shape index (κ2) is 6.59. The second-order valence-electron chi connectivity index (χ2n) is 6.37. The fourth-order valence-corrected chi connectivity index (χ4v) is 3.09. The second-order valence-corrected chi connectivity index (χ2v) is 6.37. The van der Waals surface area contributed by atoms with Gasteiger partial charge in [0.25, 0.3) is 0 Å². The first-order chi connectivity index (χ1) is 9.51. The Labute approximate surface area is 123 Å². The summed E-state index contributed by atoms with van der Waals surface area (Å²) < 4.78 is 5.52. The number of nitrogens with one attached hydrogen (secondary N) is 1. The van der Waals surface area contributed by atoms with Crippen LogP contribution >= 0.6 is 0 Å². The predicted molar refractivity (Wildman–Crippen MR) is 84.2 cm³/mol. The molecular formula is C17H28N2O. The summed E-state index contributed by atoms with van der Waals surface area (Å²) >= 11 is 0. The first-order valence-electron chi connectivity index (χ1n) is 7.62. The summed E-state index contributed by atoms with van der Waals surface area (Å²) in [4.78, 5) is 2.60. The molecular weight excluding hydrogens is 248 g/mol. The minimum Gasteiger partial charge on any atom is -0.496 e. The van der Waals surface area contributed by atoms with Crippen LogP contribution in [0, 0.1) is 12.8 Å². The lowest BCUT2D eigenvalue weighted by Crippen LogP contribution is -2.56. The van der Waals surface area contributed by atoms with Gasteiger partial charge in [0.15, 0.2) is 0 Å². The van der Waals surface area contributed by atoms with E-state index in [9.17, 15) is 0 Å². The van der Waals surface area contributed by atoms with E-state index in [0.717, 1.165) is 25.4 Å². The monoisotopic (exact) mass is 276 g/mol. The molecule has 0 saturated carbocycles. The Bertz CT molecular complexity index is 445. The SMILES string of the molecule is COc1ccc(C)cc1CN1CC(C)NCC1C(C)C. The Hall–Kier alpha value is -1.06. The number of rotatable bonds is 4. The van der Waals surface area contributed by atoms with Gasteiger partial charge >= 0.3 is 0 Å². The average molecular weight is 276 g/mol. The van der Waals surface area contributed by atoms with Crippen molar-refractivity contribution >= 4 is 0 Å². The number of benzene rings is 1. The van der Waals surface area contributed by atoms with Gasteiger partial charge in [0.1, 0.15) is 5.75 Å². The Morgan fingerprint density at radius 1 is 1.40 bits per heavy atom. The van der Waals surface area contributed by atoms with E-state index in [1.54, 1.807) is 7.11 Å². The Morgan fingerprint density at radius 2 is 2.15 bits per heavy atom. The minimum absolute atomic E-state index is 0.556. The molecule has 1 aromatic rings. The zero-order chi connectivity index (χ0) is 14.7. The highest BCUT2D eigenvalue weighted by atomic mass is 16.5. The van der Waals surface area contributed by atoms with Gasteiger partial charge in [-0.15, -0.1) is 0 Å². The third-order valence-electron chi connectivity index (χ3n) is 4.23. The van der Waals surface area contributed by atoms with Crippen LogP contribution in [0.4, 0.5) is 0 Å². The van der Waals surface area contributed by atoms with Crippen LogP contribution in [0.25, 0.3) is 0 Å². The van der Waals surface area contributed by atoms with Gasteiger partial charge in [-0.3, -0.25) is 4.90 Å². The van der Waals surface area contributed by atoms with E-state index < -0.39 is 0 Å². The van der Waals surface area contributed by atoms with Crippen LogP contribution in [0.2, 0.25) is 0 Å². The van der Waals surface area contributed by atoms with Crippen LogP contribution in [0.1, 0.15) is 31.9 Å². The lowest BCUT2D eigenvalue weighted by molar-refractivity contribution is 0.0947. The number of ether oxygens (including phenoxy) is 1. The van der Waals surface area contributed by atoms with Crippen molar-refractivity contribution < 1.29 is 4.74 Å². The number of piperazine rings is 1. The molecule has 2 atom stereocenters. The van der Waals surface area contributed by atoms with Gasteiger partial charge in [-0.2, -0.15) is 0 Å². The Balaban J connectivity index is 2.19. The summed E-state index contributed by atoms with van der Waals surface area (Å²) in [6.45, 7) is 12.2. The van der Waals surface area contributed by atoms with Gasteiger partial charge in [-0.05, 0) is 25.8 Å². The van der Waals surface area contributed by atoms with Crippen molar-refractivity contribution in [3.05, 3.63) is 29.3 Å². The molecule has 0 aromatic heterocycles. The molecule has 112 valence electrons. The van der Waals surface area contributed by atoms with E-state index in [1.165, 1.54) is 11.1 Å². The van der Waals surface area contributed by atoms with Gasteiger partial charge in [-0.25, -0.2) is 0 Å². The molecule has 1 saturated heterocycles. The van der Waals surface area contributed by atoms with Gasteiger partial charge in [-0.1, -0.05) is 31.5 Å². The van der Waals surface area contributed by atoms with Crippen molar-refractivity contribution in [2.24, 2.45) is 5.92 Å². The largest absolute Gasteiger partial charge is 0.496 e. The van der Waals surface area contributed by atoms with Crippen molar-refractivity contribution in [3.8, 4) is 5.75 Å². The Morgan fingerprint density at radius 3 is 2.80 bits per heavy atom. The van der Waals surface area contributed by atoms with E-state index in [1.807, 2.05) is 0 Å². The molecule has 0 radical (unpaired) electrons. The summed E-state index contributed by atoms with van der Waals surface area (Å²) in [5.41, 5.74) is 2.59. The fraction of sp³-hybridized carbons (Fsp3) is 0.647. The highest BCUT2D eigenvalue weighted by Gasteiger charge is 2.28. The zero-order valence-corrected chi connectivity index (χ0v) is 13.4. The van der Waals surface area contributed by atoms with Crippen LogP contribution in [-0.2, 0) is 6.54 Å². The maximum Gasteiger partial charge on any atom is 0.123 e. The van der Waals surface area contributed by atoms with Gasteiger partial charge in [0.2, 0.25) is 0 Å². The molecule has 3 heteroatoms. The first-order valence-corrected chi connectivity index (χ1v) is 7.62. The highest BCUT2D eigenvalue weighted by molar-refractivity contribution is 5.36. The van der Waals surface area contributed by atoms with Crippen molar-refractivity contribution in [2.45, 2.75) is 46.3 Å². The van der Waals surface area contributed by atoms with Crippen LogP contribution < -0.4 is 10.1 Å². The summed E-state index contributed by atoms with van der Waals surface area (Å²) in [6.07, 6.45) is 0. The maximum atomic E-state index is 5.52. The minimum atomic E-state index is 0.556. The molecule has 2 unspecified atom stereocenters. The quantitative estimate of drug-likeness (QED) is 0.915. The third kappa shape index (κ3) is 3.53. The van der Waals surface area contributed by atoms with Crippen molar-refractivity contribution in [3.63, 3.8) is 0 Å². The summed E-state index contributed by atoms with van der Waals surface area (Å²) in [6, 6.07) is 7.60. The van der Waals surface area contributed by atoms with Crippen LogP contribution in [0.15, 0.2) is 18.2 Å². The van der Waals surface area contributed by atoms with Gasteiger partial charge in [0, 0.05) is 37.3 Å². The molecule has 1 fully saturated rings. The molecule has 1 aliphatic rings. The third-order valence-corrected chi connectivity index (χ3v) is 4.23. The van der Waals surface area contributed by atoms with E-state index in [2.05, 4.69) is 56.1 Å². The molecule has 0 bridgehead atoms. The van der Waals surface area contributed by atoms with Crippen molar-refractivity contribution in [2.75, 3.05) is 20.2 Å². The molecule has 0 aliphatic carbocycles. The first kappa shape index (κ1) is 15.3. The maximum absolute atomic E-state index is 5.52. The van der Waals surface area contributed by atoms with E-state index in [4.69, 9.17) is 4.74 Å². The van der Waals surface area contributed by atoms with Crippen LogP contribution in [-0.4, -0.2) is 37.2 Å². The van der Waals surface area contributed by atoms with E-state index in [0.29, 0.717) is 18.0 Å². The number of aryl methyl sites for hydroxylation is 1. The molecule has 0 amide bonds. The topological polar surface area (TPSA) is 24.5 Å². The molecule has 1 aliphatic heterocycles. The number of nitrogens with zero attached hydrogens (tertiary/aromatic N) is 1. The molecule has 1 heterocycles. The normalized spacial score (nSPS) is 24.1.